The fourth-order valence-electron chi connectivity index (χ4n) is 2.12. The molecular formula is C18H21N5O2S. The van der Waals surface area contributed by atoms with E-state index in [4.69, 9.17) is 0 Å². The van der Waals surface area contributed by atoms with Crippen molar-refractivity contribution in [3.8, 4) is 0 Å². The highest BCUT2D eigenvalue weighted by molar-refractivity contribution is 7.13. The van der Waals surface area contributed by atoms with Crippen molar-refractivity contribution < 1.29 is 9.59 Å². The van der Waals surface area contributed by atoms with Gasteiger partial charge in [0.25, 0.3) is 5.91 Å². The van der Waals surface area contributed by atoms with Crippen LogP contribution < -0.4 is 5.32 Å². The molecule has 2 aromatic heterocycles. The first-order chi connectivity index (χ1) is 12.3. The van der Waals surface area contributed by atoms with Crippen LogP contribution in [-0.4, -0.2) is 32.7 Å². The molecule has 0 aliphatic carbocycles. The average molecular weight is 371 g/mol. The standard InChI is InChI=1S/C18H21N5O2S/c1-6-19-15(7-11(2)14-8-21-23(5)10-14)17(25)22-12(3)18-20-9-16(26-18)13(4)24/h6-10,12H,2H2,1,3-5H3,(H,22,25)/b15-7-,19-6?. The highest BCUT2D eigenvalue weighted by atomic mass is 32.1. The fraction of sp³-hybridized carbons (Fsp3) is 0.278. The molecule has 0 spiro atoms. The SMILES string of the molecule is C=C(/C=C(\N=CC)C(=O)NC(C)c1ncc(C(C)=O)s1)c1cnn(C)c1. The number of aliphatic imine (C=N–C) groups is 1. The van der Waals surface area contributed by atoms with Gasteiger partial charge in [-0.25, -0.2) is 4.98 Å². The third-order valence-corrected chi connectivity index (χ3v) is 4.76. The van der Waals surface area contributed by atoms with Crippen molar-refractivity contribution in [2.75, 3.05) is 0 Å². The van der Waals surface area contributed by atoms with Gasteiger partial charge in [0.15, 0.2) is 5.78 Å². The summed E-state index contributed by atoms with van der Waals surface area (Å²) in [5.74, 6) is -0.392. The molecule has 1 N–H and O–H groups in total. The van der Waals surface area contributed by atoms with Gasteiger partial charge < -0.3 is 5.32 Å². The Hall–Kier alpha value is -2.87. The predicted molar refractivity (Wildman–Crippen MR) is 103 cm³/mol. The van der Waals surface area contributed by atoms with Crippen LogP contribution in [0.25, 0.3) is 5.57 Å². The zero-order valence-electron chi connectivity index (χ0n) is 15.2. The molecular weight excluding hydrogens is 350 g/mol. The Morgan fingerprint density at radius 2 is 2.15 bits per heavy atom. The van der Waals surface area contributed by atoms with E-state index in [1.165, 1.54) is 24.5 Å². The van der Waals surface area contributed by atoms with Gasteiger partial charge in [-0.1, -0.05) is 6.58 Å². The van der Waals surface area contributed by atoms with Crippen LogP contribution >= 0.6 is 11.3 Å². The minimum absolute atomic E-state index is 0.0452. The number of thiazole rings is 1. The summed E-state index contributed by atoms with van der Waals surface area (Å²) in [5.41, 5.74) is 1.68. The van der Waals surface area contributed by atoms with E-state index >= 15 is 0 Å². The number of hydrogen-bond acceptors (Lipinski definition) is 6. The van der Waals surface area contributed by atoms with Gasteiger partial charge in [-0.15, -0.1) is 11.3 Å². The second-order valence-corrected chi connectivity index (χ2v) is 6.72. The van der Waals surface area contributed by atoms with Gasteiger partial charge in [-0.3, -0.25) is 19.3 Å². The molecule has 0 aliphatic heterocycles. The van der Waals surface area contributed by atoms with Crippen LogP contribution in [0.1, 0.15) is 47.1 Å². The van der Waals surface area contributed by atoms with Crippen molar-refractivity contribution in [1.82, 2.24) is 20.1 Å². The Kier molecular flexibility index (Phi) is 6.35. The summed E-state index contributed by atoms with van der Waals surface area (Å²) in [6.07, 6.45) is 8.17. The lowest BCUT2D eigenvalue weighted by Crippen LogP contribution is -2.27. The number of rotatable bonds is 7. The average Bonchev–Trinajstić information content (AvgIpc) is 3.23. The molecule has 136 valence electrons. The van der Waals surface area contributed by atoms with Gasteiger partial charge in [0.05, 0.1) is 17.1 Å². The van der Waals surface area contributed by atoms with E-state index in [9.17, 15) is 9.59 Å². The predicted octanol–water partition coefficient (Wildman–Crippen LogP) is 2.94. The second kappa shape index (κ2) is 8.48. The van der Waals surface area contributed by atoms with Crippen molar-refractivity contribution in [1.29, 1.82) is 0 Å². The summed E-state index contributed by atoms with van der Waals surface area (Å²) in [4.78, 5) is 32.9. The molecule has 0 aromatic carbocycles. The molecule has 1 amide bonds. The maximum absolute atomic E-state index is 12.6. The van der Waals surface area contributed by atoms with E-state index in [0.717, 1.165) is 5.56 Å². The number of amides is 1. The zero-order chi connectivity index (χ0) is 19.3. The monoisotopic (exact) mass is 371 g/mol. The maximum Gasteiger partial charge on any atom is 0.270 e. The number of allylic oxidation sites excluding steroid dienone is 2. The topological polar surface area (TPSA) is 89.2 Å². The zero-order valence-corrected chi connectivity index (χ0v) is 16.0. The largest absolute Gasteiger partial charge is 0.342 e. The number of Topliss-reactive ketones (excluding diaryl/α,β-unsaturated/α-hetero) is 1. The highest BCUT2D eigenvalue weighted by Gasteiger charge is 2.17. The highest BCUT2D eigenvalue weighted by Crippen LogP contribution is 2.21. The molecule has 0 bridgehead atoms. The molecule has 7 nitrogen and oxygen atoms in total. The number of hydrogen-bond donors (Lipinski definition) is 1. The van der Waals surface area contributed by atoms with Crippen LogP contribution in [0.15, 0.2) is 41.9 Å². The van der Waals surface area contributed by atoms with Crippen molar-refractivity contribution >= 4 is 34.8 Å². The smallest absolute Gasteiger partial charge is 0.270 e. The number of carbonyl (C=O) groups is 2. The molecule has 2 rings (SSSR count). The van der Waals surface area contributed by atoms with Crippen molar-refractivity contribution in [3.63, 3.8) is 0 Å². The lowest BCUT2D eigenvalue weighted by molar-refractivity contribution is -0.118. The minimum atomic E-state index is -0.347. The summed E-state index contributed by atoms with van der Waals surface area (Å²) < 4.78 is 1.66. The van der Waals surface area contributed by atoms with Crippen molar-refractivity contribution in [2.45, 2.75) is 26.8 Å². The van der Waals surface area contributed by atoms with Gasteiger partial charge in [0, 0.05) is 38.1 Å². The van der Waals surface area contributed by atoms with Gasteiger partial charge >= 0.3 is 0 Å². The van der Waals surface area contributed by atoms with Gasteiger partial charge in [0.2, 0.25) is 0 Å². The van der Waals surface area contributed by atoms with Crippen LogP contribution in [0.2, 0.25) is 0 Å². The molecule has 1 unspecified atom stereocenters. The van der Waals surface area contributed by atoms with E-state index in [1.807, 2.05) is 20.2 Å². The van der Waals surface area contributed by atoms with Gasteiger partial charge in [-0.05, 0) is 25.5 Å². The third-order valence-electron chi connectivity index (χ3n) is 3.48. The molecule has 8 heteroatoms. The van der Waals surface area contributed by atoms with Crippen LogP contribution in [-0.2, 0) is 11.8 Å². The third kappa shape index (κ3) is 4.82. The quantitative estimate of drug-likeness (QED) is 0.351. The lowest BCUT2D eigenvalue weighted by atomic mass is 10.1. The van der Waals surface area contributed by atoms with Crippen LogP contribution in [0.4, 0.5) is 0 Å². The first kappa shape index (κ1) is 19.5. The Balaban J connectivity index is 2.15. The minimum Gasteiger partial charge on any atom is -0.342 e. The maximum atomic E-state index is 12.6. The summed E-state index contributed by atoms with van der Waals surface area (Å²) in [6, 6.07) is -0.345. The Morgan fingerprint density at radius 3 is 2.69 bits per heavy atom. The molecule has 26 heavy (non-hydrogen) atoms. The summed E-state index contributed by atoms with van der Waals surface area (Å²) >= 11 is 1.27. The van der Waals surface area contributed by atoms with E-state index in [0.29, 0.717) is 15.5 Å². The fourth-order valence-corrected chi connectivity index (χ4v) is 2.93. The number of aryl methyl sites for hydroxylation is 1. The second-order valence-electron chi connectivity index (χ2n) is 5.66. The lowest BCUT2D eigenvalue weighted by Gasteiger charge is -2.11. The molecule has 0 fully saturated rings. The van der Waals surface area contributed by atoms with Crippen molar-refractivity contribution in [2.24, 2.45) is 12.0 Å². The first-order valence-corrected chi connectivity index (χ1v) is 8.79. The Bertz CT molecular complexity index is 891. The van der Waals surface area contributed by atoms with Crippen LogP contribution in [0.5, 0.6) is 0 Å². The van der Waals surface area contributed by atoms with Gasteiger partial charge in [-0.2, -0.15) is 5.10 Å². The van der Waals surface area contributed by atoms with Crippen LogP contribution in [0.3, 0.4) is 0 Å². The normalized spacial score (nSPS) is 13.0. The molecule has 2 heterocycles. The molecule has 2 aromatic rings. The Labute approximate surface area is 156 Å². The van der Waals surface area contributed by atoms with Crippen molar-refractivity contribution in [3.05, 3.63) is 52.4 Å². The van der Waals surface area contributed by atoms with E-state index in [-0.39, 0.29) is 23.4 Å². The number of ketones is 1. The molecule has 0 saturated heterocycles. The number of nitrogens with one attached hydrogen (secondary N) is 1. The molecule has 1 atom stereocenters. The number of aromatic nitrogens is 3. The Morgan fingerprint density at radius 1 is 1.42 bits per heavy atom. The summed E-state index contributed by atoms with van der Waals surface area (Å²) in [6.45, 7) is 9.00. The number of carbonyl (C=O) groups excluding carboxylic acids is 2. The van der Waals surface area contributed by atoms with E-state index in [1.54, 1.807) is 30.1 Å². The molecule has 0 radical (unpaired) electrons. The van der Waals surface area contributed by atoms with E-state index in [2.05, 4.69) is 27.0 Å². The number of nitrogens with zero attached hydrogens (tertiary/aromatic N) is 4. The summed E-state index contributed by atoms with van der Waals surface area (Å²) in [7, 11) is 1.81. The summed E-state index contributed by atoms with van der Waals surface area (Å²) in [5, 5.41) is 7.60. The van der Waals surface area contributed by atoms with Crippen LogP contribution in [0, 0.1) is 0 Å². The first-order valence-electron chi connectivity index (χ1n) is 7.97. The molecule has 0 aliphatic rings. The van der Waals surface area contributed by atoms with E-state index < -0.39 is 0 Å². The van der Waals surface area contributed by atoms with Gasteiger partial charge in [0.1, 0.15) is 10.7 Å². The molecule has 0 saturated carbocycles.